The number of aliphatic imine (C=N–C) groups is 1. The Morgan fingerprint density at radius 2 is 2.17 bits per heavy atom. The van der Waals surface area contributed by atoms with Gasteiger partial charge in [-0.05, 0) is 12.8 Å². The smallest absolute Gasteiger partial charge is 0.191 e. The molecule has 2 N–H and O–H groups in total. The van der Waals surface area contributed by atoms with Crippen LogP contribution in [0.25, 0.3) is 0 Å². The molecule has 108 valence electrons. The fraction of sp³-hybridized carbons (Fsp3) is 0.900. The second kappa shape index (κ2) is 8.92. The van der Waals surface area contributed by atoms with Crippen LogP contribution in [0, 0.1) is 0 Å². The Bertz CT molecular complexity index is 353. The molecule has 1 heterocycles. The second-order valence-electron chi connectivity index (χ2n) is 4.14. The molecular formula is C10H22IN3O3S. The number of ether oxygens (including phenoxy) is 1. The minimum atomic E-state index is -2.93. The van der Waals surface area contributed by atoms with E-state index in [4.69, 9.17) is 4.74 Å². The lowest BCUT2D eigenvalue weighted by atomic mass is 10.2. The van der Waals surface area contributed by atoms with Gasteiger partial charge in [0.1, 0.15) is 9.84 Å². The molecule has 0 spiro atoms. The molecule has 1 atom stereocenters. The predicted octanol–water partition coefficient (Wildman–Crippen LogP) is -0.00700. The van der Waals surface area contributed by atoms with Crippen LogP contribution in [0.15, 0.2) is 4.99 Å². The maximum Gasteiger partial charge on any atom is 0.191 e. The molecule has 0 radical (unpaired) electrons. The van der Waals surface area contributed by atoms with Crippen LogP contribution in [0.3, 0.4) is 0 Å². The molecule has 0 aliphatic carbocycles. The number of hydrogen-bond donors (Lipinski definition) is 2. The van der Waals surface area contributed by atoms with Gasteiger partial charge < -0.3 is 15.4 Å². The monoisotopic (exact) mass is 391 g/mol. The summed E-state index contributed by atoms with van der Waals surface area (Å²) in [6.07, 6.45) is 3.63. The summed E-state index contributed by atoms with van der Waals surface area (Å²) < 4.78 is 27.4. The van der Waals surface area contributed by atoms with Crippen LogP contribution in [0.1, 0.15) is 12.8 Å². The van der Waals surface area contributed by atoms with Crippen molar-refractivity contribution in [2.45, 2.75) is 18.9 Å². The maximum absolute atomic E-state index is 10.9. The van der Waals surface area contributed by atoms with Gasteiger partial charge in [-0.2, -0.15) is 0 Å². The minimum Gasteiger partial charge on any atom is -0.376 e. The molecule has 0 aromatic heterocycles. The first-order valence-corrected chi connectivity index (χ1v) is 7.81. The molecule has 1 unspecified atom stereocenters. The first-order valence-electron chi connectivity index (χ1n) is 5.75. The van der Waals surface area contributed by atoms with Gasteiger partial charge >= 0.3 is 0 Å². The lowest BCUT2D eigenvalue weighted by Gasteiger charge is -2.14. The molecule has 18 heavy (non-hydrogen) atoms. The van der Waals surface area contributed by atoms with E-state index in [1.165, 1.54) is 6.26 Å². The van der Waals surface area contributed by atoms with Crippen molar-refractivity contribution in [3.05, 3.63) is 0 Å². The molecule has 1 saturated heterocycles. The van der Waals surface area contributed by atoms with Crippen molar-refractivity contribution in [3.8, 4) is 0 Å². The van der Waals surface area contributed by atoms with Crippen molar-refractivity contribution < 1.29 is 13.2 Å². The number of nitrogens with one attached hydrogen (secondary N) is 2. The Hall–Kier alpha value is -0.0900. The standard InChI is InChI=1S/C10H21N3O3S.HI/c1-11-10(12-5-7-17(2,14)15)13-8-9-4-3-6-16-9;/h9H,3-8H2,1-2H3,(H2,11,12,13);1H. The lowest BCUT2D eigenvalue weighted by Crippen LogP contribution is -2.42. The summed E-state index contributed by atoms with van der Waals surface area (Å²) in [6, 6.07) is 0. The summed E-state index contributed by atoms with van der Waals surface area (Å²) in [5.74, 6) is 0.720. The number of guanidine groups is 1. The first kappa shape index (κ1) is 17.9. The molecule has 1 rings (SSSR count). The van der Waals surface area contributed by atoms with Crippen molar-refractivity contribution in [2.24, 2.45) is 4.99 Å². The van der Waals surface area contributed by atoms with Crippen molar-refractivity contribution in [1.82, 2.24) is 10.6 Å². The van der Waals surface area contributed by atoms with Crippen LogP contribution in [-0.4, -0.2) is 59.2 Å². The van der Waals surface area contributed by atoms with Gasteiger partial charge in [0, 0.05) is 33.0 Å². The van der Waals surface area contributed by atoms with Crippen LogP contribution in [0.5, 0.6) is 0 Å². The predicted molar refractivity (Wildman–Crippen MR) is 83.5 cm³/mol. The molecule has 8 heteroatoms. The Balaban J connectivity index is 0.00000289. The maximum atomic E-state index is 10.9. The summed E-state index contributed by atoms with van der Waals surface area (Å²) in [6.45, 7) is 1.90. The highest BCUT2D eigenvalue weighted by Gasteiger charge is 2.15. The topological polar surface area (TPSA) is 79.8 Å². The quantitative estimate of drug-likeness (QED) is 0.392. The van der Waals surface area contributed by atoms with Gasteiger partial charge in [0.2, 0.25) is 0 Å². The minimum absolute atomic E-state index is 0. The highest BCUT2D eigenvalue weighted by molar-refractivity contribution is 14.0. The van der Waals surface area contributed by atoms with Crippen LogP contribution in [0.2, 0.25) is 0 Å². The highest BCUT2D eigenvalue weighted by Crippen LogP contribution is 2.10. The van der Waals surface area contributed by atoms with Gasteiger partial charge in [0.25, 0.3) is 0 Å². The molecule has 1 fully saturated rings. The van der Waals surface area contributed by atoms with E-state index in [2.05, 4.69) is 15.6 Å². The lowest BCUT2D eigenvalue weighted by molar-refractivity contribution is 0.114. The van der Waals surface area contributed by atoms with E-state index in [9.17, 15) is 8.42 Å². The molecule has 0 saturated carbocycles. The summed E-state index contributed by atoms with van der Waals surface area (Å²) in [4.78, 5) is 4.01. The fourth-order valence-corrected chi connectivity index (χ4v) is 2.06. The zero-order valence-corrected chi connectivity index (χ0v) is 14.0. The van der Waals surface area contributed by atoms with Crippen molar-refractivity contribution in [2.75, 3.05) is 38.8 Å². The van der Waals surface area contributed by atoms with E-state index in [1.54, 1.807) is 7.05 Å². The second-order valence-corrected chi connectivity index (χ2v) is 6.40. The highest BCUT2D eigenvalue weighted by atomic mass is 127. The number of halogens is 1. The average molecular weight is 391 g/mol. The van der Waals surface area contributed by atoms with Gasteiger partial charge in [-0.1, -0.05) is 0 Å². The third-order valence-electron chi connectivity index (χ3n) is 2.51. The summed E-state index contributed by atoms with van der Waals surface area (Å²) >= 11 is 0. The summed E-state index contributed by atoms with van der Waals surface area (Å²) in [5.41, 5.74) is 0. The molecular weight excluding hydrogens is 369 g/mol. The SMILES string of the molecule is CN=C(NCCS(C)(=O)=O)NCC1CCCO1.I. The van der Waals surface area contributed by atoms with E-state index >= 15 is 0 Å². The summed E-state index contributed by atoms with van der Waals surface area (Å²) in [7, 11) is -1.27. The largest absolute Gasteiger partial charge is 0.376 e. The van der Waals surface area contributed by atoms with Crippen LogP contribution >= 0.6 is 24.0 Å². The van der Waals surface area contributed by atoms with Gasteiger partial charge in [-0.25, -0.2) is 8.42 Å². The number of rotatable bonds is 5. The van der Waals surface area contributed by atoms with Crippen molar-refractivity contribution >= 4 is 39.8 Å². The van der Waals surface area contributed by atoms with Gasteiger partial charge in [-0.3, -0.25) is 4.99 Å². The third-order valence-corrected chi connectivity index (χ3v) is 3.46. The van der Waals surface area contributed by atoms with Gasteiger partial charge in [0.15, 0.2) is 5.96 Å². The molecule has 6 nitrogen and oxygen atoms in total. The van der Waals surface area contributed by atoms with Crippen LogP contribution in [0.4, 0.5) is 0 Å². The van der Waals surface area contributed by atoms with E-state index in [0.29, 0.717) is 19.0 Å². The fourth-order valence-electron chi connectivity index (χ4n) is 1.59. The van der Waals surface area contributed by atoms with E-state index in [0.717, 1.165) is 19.4 Å². The van der Waals surface area contributed by atoms with E-state index in [1.807, 2.05) is 0 Å². The zero-order valence-electron chi connectivity index (χ0n) is 10.8. The molecule has 0 bridgehead atoms. The normalized spacial score (nSPS) is 20.3. The third kappa shape index (κ3) is 8.09. The van der Waals surface area contributed by atoms with Crippen molar-refractivity contribution in [1.29, 1.82) is 0 Å². The van der Waals surface area contributed by atoms with Crippen LogP contribution < -0.4 is 10.6 Å². The molecule has 1 aliphatic rings. The van der Waals surface area contributed by atoms with Gasteiger partial charge in [-0.15, -0.1) is 24.0 Å². The molecule has 0 aromatic carbocycles. The molecule has 0 aromatic rings. The Labute approximate surface area is 126 Å². The Morgan fingerprint density at radius 1 is 1.44 bits per heavy atom. The first-order chi connectivity index (χ1) is 8.01. The zero-order chi connectivity index (χ0) is 12.7. The van der Waals surface area contributed by atoms with Crippen LogP contribution in [-0.2, 0) is 14.6 Å². The van der Waals surface area contributed by atoms with Crippen molar-refractivity contribution in [3.63, 3.8) is 0 Å². The molecule has 0 amide bonds. The van der Waals surface area contributed by atoms with E-state index in [-0.39, 0.29) is 35.8 Å². The summed E-state index contributed by atoms with van der Waals surface area (Å²) in [5, 5.41) is 6.07. The Kier molecular flexibility index (Phi) is 8.87. The number of nitrogens with zero attached hydrogens (tertiary/aromatic N) is 1. The van der Waals surface area contributed by atoms with E-state index < -0.39 is 9.84 Å². The average Bonchev–Trinajstić information content (AvgIpc) is 2.74. The number of hydrogen-bond acceptors (Lipinski definition) is 4. The molecule has 1 aliphatic heterocycles. The number of sulfone groups is 1. The van der Waals surface area contributed by atoms with Gasteiger partial charge in [0.05, 0.1) is 11.9 Å². The Morgan fingerprint density at radius 3 is 2.67 bits per heavy atom.